The van der Waals surface area contributed by atoms with E-state index in [1.165, 1.54) is 5.56 Å². The standard InChI is InChI=1S/C30H37ClN4/c1-7-10-11-12-13-17-23(6)27-25(24-18-15-14-16-22(24)5)20-35-28(27)29(31)33-30(34-35)26(9-3)32-19-21(4)8-2/h9,11-21,30,34H,6-8,10H2,1-5H3/b12-11-,17-13-,26-9-,32-19?. The Morgan fingerprint density at radius 2 is 2.03 bits per heavy atom. The Morgan fingerprint density at radius 3 is 2.71 bits per heavy atom. The van der Waals surface area contributed by atoms with Crippen molar-refractivity contribution in [3.05, 3.63) is 89.9 Å². The Hall–Kier alpha value is -3.11. The molecule has 4 nitrogen and oxygen atoms in total. The third kappa shape index (κ3) is 6.32. The lowest BCUT2D eigenvalue weighted by Gasteiger charge is -2.24. The van der Waals surface area contributed by atoms with Crippen molar-refractivity contribution in [2.24, 2.45) is 15.9 Å². The normalized spacial score (nSPS) is 17.1. The number of allylic oxidation sites excluding steroid dienone is 6. The van der Waals surface area contributed by atoms with E-state index in [0.717, 1.165) is 52.9 Å². The number of unbranched alkanes of at least 4 members (excludes halogenated alkanes) is 1. The van der Waals surface area contributed by atoms with E-state index >= 15 is 0 Å². The van der Waals surface area contributed by atoms with Gasteiger partial charge < -0.3 is 0 Å². The molecule has 3 rings (SSSR count). The van der Waals surface area contributed by atoms with Gasteiger partial charge in [-0.05, 0) is 49.3 Å². The molecule has 1 N–H and O–H groups in total. The minimum atomic E-state index is -0.369. The fourth-order valence-corrected chi connectivity index (χ4v) is 4.18. The maximum Gasteiger partial charge on any atom is 0.176 e. The largest absolute Gasteiger partial charge is 0.296 e. The van der Waals surface area contributed by atoms with Crippen LogP contribution in [0, 0.1) is 12.8 Å². The van der Waals surface area contributed by atoms with E-state index in [0.29, 0.717) is 11.1 Å². The molecular weight excluding hydrogens is 452 g/mol. The highest BCUT2D eigenvalue weighted by atomic mass is 35.5. The van der Waals surface area contributed by atoms with Crippen molar-refractivity contribution < 1.29 is 0 Å². The molecule has 0 fully saturated rings. The zero-order valence-electron chi connectivity index (χ0n) is 21.6. The van der Waals surface area contributed by atoms with E-state index in [1.54, 1.807) is 0 Å². The molecule has 0 amide bonds. The van der Waals surface area contributed by atoms with E-state index in [1.807, 2.05) is 36.0 Å². The number of halogens is 1. The zero-order chi connectivity index (χ0) is 25.4. The van der Waals surface area contributed by atoms with Crippen molar-refractivity contribution in [2.45, 2.75) is 60.0 Å². The van der Waals surface area contributed by atoms with Crippen LogP contribution in [-0.2, 0) is 0 Å². The number of nitrogens with one attached hydrogen (secondary N) is 1. The molecule has 0 saturated heterocycles. The maximum absolute atomic E-state index is 6.86. The first-order valence-electron chi connectivity index (χ1n) is 12.5. The van der Waals surface area contributed by atoms with Crippen molar-refractivity contribution in [2.75, 3.05) is 5.43 Å². The van der Waals surface area contributed by atoms with Gasteiger partial charge in [-0.3, -0.25) is 15.1 Å². The third-order valence-corrected chi connectivity index (χ3v) is 6.44. The minimum absolute atomic E-state index is 0.369. The summed E-state index contributed by atoms with van der Waals surface area (Å²) in [6.07, 6.45) is 17.2. The molecule has 2 unspecified atom stereocenters. The summed E-state index contributed by atoms with van der Waals surface area (Å²) in [4.78, 5) is 9.48. The van der Waals surface area contributed by atoms with Gasteiger partial charge in [-0.1, -0.05) is 100 Å². The second-order valence-electron chi connectivity index (χ2n) is 8.88. The summed E-state index contributed by atoms with van der Waals surface area (Å²) < 4.78 is 1.98. The van der Waals surface area contributed by atoms with Gasteiger partial charge >= 0.3 is 0 Å². The van der Waals surface area contributed by atoms with Crippen LogP contribution in [0.25, 0.3) is 16.7 Å². The van der Waals surface area contributed by atoms with Crippen molar-refractivity contribution >= 4 is 28.6 Å². The second-order valence-corrected chi connectivity index (χ2v) is 9.24. The SMILES string of the molecule is C=C(/C=C\C=C/CCC)c1c(-c2ccccc2C)cn2c1C(Cl)=NC(/C(=C/C)N=CC(C)CC)N2. The highest BCUT2D eigenvalue weighted by Crippen LogP contribution is 2.37. The third-order valence-electron chi connectivity index (χ3n) is 6.16. The number of aromatic nitrogens is 1. The van der Waals surface area contributed by atoms with Crippen molar-refractivity contribution in [3.8, 4) is 11.1 Å². The van der Waals surface area contributed by atoms with Gasteiger partial charge in [0, 0.05) is 23.5 Å². The van der Waals surface area contributed by atoms with Crippen molar-refractivity contribution in [1.82, 2.24) is 4.68 Å². The molecule has 2 aromatic rings. The van der Waals surface area contributed by atoms with Crippen LogP contribution in [0.15, 0.2) is 83.1 Å². The van der Waals surface area contributed by atoms with Gasteiger partial charge in [-0.25, -0.2) is 4.99 Å². The lowest BCUT2D eigenvalue weighted by molar-refractivity contribution is 0.702. The van der Waals surface area contributed by atoms with E-state index in [2.05, 4.69) is 82.3 Å². The van der Waals surface area contributed by atoms with Crippen LogP contribution in [0.1, 0.15) is 63.8 Å². The Labute approximate surface area is 215 Å². The predicted molar refractivity (Wildman–Crippen MR) is 154 cm³/mol. The summed E-state index contributed by atoms with van der Waals surface area (Å²) in [5, 5.41) is 0.442. The zero-order valence-corrected chi connectivity index (χ0v) is 22.3. The Morgan fingerprint density at radius 1 is 1.26 bits per heavy atom. The average molecular weight is 489 g/mol. The van der Waals surface area contributed by atoms with Crippen LogP contribution >= 0.6 is 11.6 Å². The fourth-order valence-electron chi connectivity index (χ4n) is 3.90. The predicted octanol–water partition coefficient (Wildman–Crippen LogP) is 8.28. The maximum atomic E-state index is 6.86. The quantitative estimate of drug-likeness (QED) is 0.265. The molecule has 1 aliphatic heterocycles. The first-order chi connectivity index (χ1) is 16.9. The van der Waals surface area contributed by atoms with Gasteiger partial charge in [0.1, 0.15) is 5.69 Å². The molecule has 0 radical (unpaired) electrons. The number of aliphatic imine (C=N–C) groups is 2. The molecule has 0 saturated carbocycles. The van der Waals surface area contributed by atoms with Crippen molar-refractivity contribution in [1.29, 1.82) is 0 Å². The molecule has 0 aliphatic carbocycles. The van der Waals surface area contributed by atoms with E-state index in [4.69, 9.17) is 21.6 Å². The molecule has 184 valence electrons. The summed E-state index contributed by atoms with van der Waals surface area (Å²) in [6, 6.07) is 8.37. The minimum Gasteiger partial charge on any atom is -0.296 e. The Balaban J connectivity index is 2.06. The molecule has 2 atom stereocenters. The molecular formula is C30H37ClN4. The smallest absolute Gasteiger partial charge is 0.176 e. The highest BCUT2D eigenvalue weighted by molar-refractivity contribution is 6.70. The van der Waals surface area contributed by atoms with Gasteiger partial charge in [0.15, 0.2) is 11.3 Å². The summed E-state index contributed by atoms with van der Waals surface area (Å²) in [6.45, 7) is 15.0. The van der Waals surface area contributed by atoms with Crippen LogP contribution in [0.3, 0.4) is 0 Å². The molecule has 5 heteroatoms. The van der Waals surface area contributed by atoms with E-state index in [-0.39, 0.29) is 6.17 Å². The molecule has 2 heterocycles. The Kier molecular flexibility index (Phi) is 9.50. The molecule has 1 aromatic carbocycles. The molecule has 1 aliphatic rings. The Bertz CT molecular complexity index is 1190. The monoisotopic (exact) mass is 488 g/mol. The van der Waals surface area contributed by atoms with Crippen LogP contribution in [-0.4, -0.2) is 22.2 Å². The van der Waals surface area contributed by atoms with Crippen LogP contribution < -0.4 is 5.43 Å². The summed E-state index contributed by atoms with van der Waals surface area (Å²) >= 11 is 6.86. The summed E-state index contributed by atoms with van der Waals surface area (Å²) in [5.41, 5.74) is 10.4. The molecule has 35 heavy (non-hydrogen) atoms. The fraction of sp³-hybridized carbons (Fsp3) is 0.333. The highest BCUT2D eigenvalue weighted by Gasteiger charge is 2.28. The number of aryl methyl sites for hydroxylation is 1. The van der Waals surface area contributed by atoms with Gasteiger partial charge in [0.25, 0.3) is 0 Å². The lowest BCUT2D eigenvalue weighted by Crippen LogP contribution is -2.34. The molecule has 0 bridgehead atoms. The van der Waals surface area contributed by atoms with Gasteiger partial charge in [-0.15, -0.1) is 0 Å². The number of fused-ring (bicyclic) bond motifs is 1. The first kappa shape index (κ1) is 26.5. The van der Waals surface area contributed by atoms with Gasteiger partial charge in [0.05, 0.1) is 5.70 Å². The number of hydrogen-bond acceptors (Lipinski definition) is 3. The molecule has 0 spiro atoms. The number of rotatable bonds is 10. The number of benzene rings is 1. The molecule has 1 aromatic heterocycles. The lowest BCUT2D eigenvalue weighted by atomic mass is 9.94. The van der Waals surface area contributed by atoms with Crippen molar-refractivity contribution in [3.63, 3.8) is 0 Å². The van der Waals surface area contributed by atoms with Crippen LogP contribution in [0.4, 0.5) is 0 Å². The van der Waals surface area contributed by atoms with Crippen LogP contribution in [0.2, 0.25) is 0 Å². The number of nitrogens with zero attached hydrogens (tertiary/aromatic N) is 3. The average Bonchev–Trinajstić information content (AvgIpc) is 3.24. The van der Waals surface area contributed by atoms with Crippen LogP contribution in [0.5, 0.6) is 0 Å². The van der Waals surface area contributed by atoms with E-state index in [9.17, 15) is 0 Å². The topological polar surface area (TPSA) is 41.7 Å². The number of hydrogen-bond donors (Lipinski definition) is 1. The second kappa shape index (κ2) is 12.6. The van der Waals surface area contributed by atoms with E-state index < -0.39 is 0 Å². The van der Waals surface area contributed by atoms with Gasteiger partial charge in [0.2, 0.25) is 0 Å². The first-order valence-corrected chi connectivity index (χ1v) is 12.8. The van der Waals surface area contributed by atoms with Gasteiger partial charge in [-0.2, -0.15) is 0 Å². The summed E-state index contributed by atoms with van der Waals surface area (Å²) in [5.74, 6) is 0.399. The summed E-state index contributed by atoms with van der Waals surface area (Å²) in [7, 11) is 0.